The van der Waals surface area contributed by atoms with Crippen LogP contribution < -0.4 is 11.2 Å². The number of nitrogens with zero attached hydrogens (tertiary/aromatic N) is 1. The van der Waals surface area contributed by atoms with Crippen LogP contribution in [0.15, 0.2) is 50.6 Å². The van der Waals surface area contributed by atoms with Crippen molar-refractivity contribution in [1.82, 2.24) is 9.55 Å². The second-order valence-electron chi connectivity index (χ2n) is 5.61. The molecule has 2 heterocycles. The fraction of sp³-hybridized carbons (Fsp3) is 0.312. The Morgan fingerprint density at radius 3 is 2.69 bits per heavy atom. The van der Waals surface area contributed by atoms with Crippen LogP contribution in [0.3, 0.4) is 0 Å². The average Bonchev–Trinajstić information content (AvgIpc) is 2.91. The zero-order chi connectivity index (χ0) is 18.8. The number of aliphatic hydroxyl groups is 1. The van der Waals surface area contributed by atoms with Gasteiger partial charge in [0, 0.05) is 6.20 Å². The molecule has 8 nitrogen and oxygen atoms in total. The van der Waals surface area contributed by atoms with Gasteiger partial charge in [0.25, 0.3) is 5.56 Å². The molecule has 3 rings (SSSR count). The Bertz CT molecular complexity index is 913. The molecule has 1 aliphatic heterocycles. The average molecular weight is 490 g/mol. The van der Waals surface area contributed by atoms with Gasteiger partial charge in [-0.1, -0.05) is 34.1 Å². The number of nitrogens with one attached hydrogen (secondary N) is 1. The summed E-state index contributed by atoms with van der Waals surface area (Å²) >= 11 is 6.34. The highest BCUT2D eigenvalue weighted by atomic mass is 79.9. The number of rotatable bonds is 4. The van der Waals surface area contributed by atoms with Crippen molar-refractivity contribution in [3.63, 3.8) is 0 Å². The Hall–Kier alpha value is -1.75. The summed E-state index contributed by atoms with van der Waals surface area (Å²) in [6, 6.07) is 8.43. The van der Waals surface area contributed by atoms with E-state index in [-0.39, 0.29) is 11.1 Å². The summed E-state index contributed by atoms with van der Waals surface area (Å²) in [5.74, 6) is -0.542. The number of aromatic nitrogens is 2. The standard InChI is InChI=1S/C16H14Br2N2O6/c17-9-6-20(16(24)19-13(9)22)14-11(18)12(21)10(26-14)7-25-15(23)8-4-2-1-3-5-8/h1-6,10-12,14,21H,7H2,(H,19,22,24)/t10-,11+,12-,14-/m0/s1. The Morgan fingerprint density at radius 1 is 1.31 bits per heavy atom. The van der Waals surface area contributed by atoms with Gasteiger partial charge in [0.15, 0.2) is 6.23 Å². The number of hydrogen-bond acceptors (Lipinski definition) is 6. The Labute approximate surface area is 164 Å². The maximum absolute atomic E-state index is 12.0. The van der Waals surface area contributed by atoms with Crippen molar-refractivity contribution in [3.8, 4) is 0 Å². The molecule has 0 bridgehead atoms. The van der Waals surface area contributed by atoms with Crippen LogP contribution in [0.25, 0.3) is 0 Å². The molecule has 1 aromatic carbocycles. The molecule has 2 aromatic rings. The third-order valence-electron chi connectivity index (χ3n) is 3.88. The van der Waals surface area contributed by atoms with Gasteiger partial charge in [0.2, 0.25) is 0 Å². The summed E-state index contributed by atoms with van der Waals surface area (Å²) in [5, 5.41) is 10.3. The maximum atomic E-state index is 12.0. The Kier molecular flexibility index (Phi) is 5.76. The Balaban J connectivity index is 1.72. The van der Waals surface area contributed by atoms with Crippen LogP contribution in [0.4, 0.5) is 0 Å². The van der Waals surface area contributed by atoms with Gasteiger partial charge in [-0.15, -0.1) is 0 Å². The first kappa shape index (κ1) is 19.0. The molecule has 0 amide bonds. The van der Waals surface area contributed by atoms with Crippen LogP contribution in [-0.2, 0) is 9.47 Å². The lowest BCUT2D eigenvalue weighted by Gasteiger charge is -2.17. The second kappa shape index (κ2) is 7.87. The number of aromatic amines is 1. The second-order valence-corrected chi connectivity index (χ2v) is 7.52. The van der Waals surface area contributed by atoms with E-state index in [4.69, 9.17) is 9.47 Å². The summed E-state index contributed by atoms with van der Waals surface area (Å²) in [7, 11) is 0. The molecule has 1 aromatic heterocycles. The molecular weight excluding hydrogens is 476 g/mol. The molecule has 138 valence electrons. The summed E-state index contributed by atoms with van der Waals surface area (Å²) in [6.45, 7) is -0.188. The van der Waals surface area contributed by atoms with E-state index in [0.717, 1.165) is 4.57 Å². The zero-order valence-corrected chi connectivity index (χ0v) is 16.3. The molecule has 0 aliphatic carbocycles. The van der Waals surface area contributed by atoms with E-state index < -0.39 is 40.5 Å². The molecule has 0 spiro atoms. The van der Waals surface area contributed by atoms with Crippen molar-refractivity contribution in [2.75, 3.05) is 6.61 Å². The van der Waals surface area contributed by atoms with Gasteiger partial charge in [-0.3, -0.25) is 14.3 Å². The van der Waals surface area contributed by atoms with E-state index in [2.05, 4.69) is 36.8 Å². The first-order valence-corrected chi connectivity index (χ1v) is 9.30. The van der Waals surface area contributed by atoms with Crippen molar-refractivity contribution < 1.29 is 19.4 Å². The lowest BCUT2D eigenvalue weighted by atomic mass is 10.2. The van der Waals surface area contributed by atoms with E-state index in [9.17, 15) is 19.5 Å². The quantitative estimate of drug-likeness (QED) is 0.492. The minimum Gasteiger partial charge on any atom is -0.459 e. The maximum Gasteiger partial charge on any atom is 0.338 e. The first-order chi connectivity index (χ1) is 12.4. The minimum absolute atomic E-state index is 0.147. The number of H-pyrrole nitrogens is 1. The fourth-order valence-electron chi connectivity index (χ4n) is 2.53. The topological polar surface area (TPSA) is 111 Å². The molecular formula is C16H14Br2N2O6. The number of ether oxygens (including phenoxy) is 2. The number of esters is 1. The third-order valence-corrected chi connectivity index (χ3v) is 5.44. The van der Waals surface area contributed by atoms with Crippen molar-refractivity contribution in [3.05, 3.63) is 67.4 Å². The number of hydrogen-bond donors (Lipinski definition) is 2. The molecule has 0 unspecified atom stereocenters. The number of carbonyl (C=O) groups is 1. The number of alkyl halides is 1. The highest BCUT2D eigenvalue weighted by Crippen LogP contribution is 2.34. The van der Waals surface area contributed by atoms with Crippen molar-refractivity contribution in [2.45, 2.75) is 23.3 Å². The van der Waals surface area contributed by atoms with E-state index in [1.165, 1.54) is 6.20 Å². The van der Waals surface area contributed by atoms with Crippen LogP contribution in [0.2, 0.25) is 0 Å². The Morgan fingerprint density at radius 2 is 2.00 bits per heavy atom. The highest BCUT2D eigenvalue weighted by molar-refractivity contribution is 9.10. The van der Waals surface area contributed by atoms with Crippen LogP contribution in [0.5, 0.6) is 0 Å². The molecule has 1 saturated heterocycles. The van der Waals surface area contributed by atoms with Gasteiger partial charge in [-0.2, -0.15) is 0 Å². The van der Waals surface area contributed by atoms with Crippen molar-refractivity contribution in [1.29, 1.82) is 0 Å². The lowest BCUT2D eigenvalue weighted by Crippen LogP contribution is -2.35. The largest absolute Gasteiger partial charge is 0.459 e. The van der Waals surface area contributed by atoms with Crippen LogP contribution in [0.1, 0.15) is 16.6 Å². The molecule has 10 heteroatoms. The monoisotopic (exact) mass is 488 g/mol. The number of carbonyl (C=O) groups excluding carboxylic acids is 1. The summed E-state index contributed by atoms with van der Waals surface area (Å²) < 4.78 is 12.2. The molecule has 1 fully saturated rings. The van der Waals surface area contributed by atoms with Crippen LogP contribution >= 0.6 is 31.9 Å². The third kappa shape index (κ3) is 3.83. The summed E-state index contributed by atoms with van der Waals surface area (Å²) in [6.07, 6.45) is -1.47. The number of aliphatic hydroxyl groups excluding tert-OH is 1. The minimum atomic E-state index is -1.03. The van der Waals surface area contributed by atoms with Gasteiger partial charge in [0.05, 0.1) is 14.9 Å². The van der Waals surface area contributed by atoms with E-state index >= 15 is 0 Å². The first-order valence-electron chi connectivity index (χ1n) is 7.59. The summed E-state index contributed by atoms with van der Waals surface area (Å²) in [5.41, 5.74) is -0.862. The van der Waals surface area contributed by atoms with Gasteiger partial charge < -0.3 is 14.6 Å². The molecule has 26 heavy (non-hydrogen) atoms. The number of halogens is 2. The van der Waals surface area contributed by atoms with E-state index in [0.29, 0.717) is 5.56 Å². The molecule has 0 radical (unpaired) electrons. The van der Waals surface area contributed by atoms with Gasteiger partial charge >= 0.3 is 11.7 Å². The van der Waals surface area contributed by atoms with Crippen molar-refractivity contribution >= 4 is 37.8 Å². The SMILES string of the molecule is O=C(OC[C@@H]1O[C@H](n2cc(Br)c(=O)[nH]c2=O)[C@H](Br)[C@H]1O)c1ccccc1. The normalized spacial score (nSPS) is 25.2. The van der Waals surface area contributed by atoms with Gasteiger partial charge in [0.1, 0.15) is 18.8 Å². The predicted molar refractivity (Wildman–Crippen MR) is 98.4 cm³/mol. The zero-order valence-electron chi connectivity index (χ0n) is 13.2. The molecule has 2 N–H and O–H groups in total. The fourth-order valence-corrected chi connectivity index (χ4v) is 3.57. The van der Waals surface area contributed by atoms with E-state index in [1.54, 1.807) is 30.3 Å². The lowest BCUT2D eigenvalue weighted by molar-refractivity contribution is -0.0530. The highest BCUT2D eigenvalue weighted by Gasteiger charge is 2.44. The van der Waals surface area contributed by atoms with Crippen LogP contribution in [-0.4, -0.2) is 44.3 Å². The number of benzene rings is 1. The van der Waals surface area contributed by atoms with Crippen molar-refractivity contribution in [2.24, 2.45) is 0 Å². The smallest absolute Gasteiger partial charge is 0.338 e. The van der Waals surface area contributed by atoms with Gasteiger partial charge in [-0.25, -0.2) is 9.59 Å². The van der Waals surface area contributed by atoms with Crippen LogP contribution in [0, 0.1) is 0 Å². The molecule has 4 atom stereocenters. The van der Waals surface area contributed by atoms with E-state index in [1.807, 2.05) is 0 Å². The van der Waals surface area contributed by atoms with Gasteiger partial charge in [-0.05, 0) is 28.1 Å². The molecule has 0 saturated carbocycles. The summed E-state index contributed by atoms with van der Waals surface area (Å²) in [4.78, 5) is 37.0. The molecule has 1 aliphatic rings. The predicted octanol–water partition coefficient (Wildman–Crippen LogP) is 1.18.